The van der Waals surface area contributed by atoms with E-state index in [9.17, 15) is 8.78 Å². The fourth-order valence-corrected chi connectivity index (χ4v) is 2.20. The summed E-state index contributed by atoms with van der Waals surface area (Å²) < 4.78 is 31.8. The van der Waals surface area contributed by atoms with Crippen LogP contribution in [0.4, 0.5) is 8.78 Å². The van der Waals surface area contributed by atoms with Crippen molar-refractivity contribution in [3.63, 3.8) is 0 Å². The highest BCUT2D eigenvalue weighted by atomic mass is 35.5. The summed E-state index contributed by atoms with van der Waals surface area (Å²) in [5.41, 5.74) is 1.04. The Morgan fingerprint density at radius 1 is 1.10 bits per heavy atom. The molecular formula is C16H14ClF2NO. The molecule has 1 aliphatic carbocycles. The van der Waals surface area contributed by atoms with Gasteiger partial charge in [0.15, 0.2) is 11.6 Å². The molecule has 0 saturated heterocycles. The molecule has 0 heterocycles. The van der Waals surface area contributed by atoms with E-state index in [1.807, 2.05) is 6.07 Å². The summed E-state index contributed by atoms with van der Waals surface area (Å²) in [6, 6.07) is 9.12. The van der Waals surface area contributed by atoms with Crippen LogP contribution in [0, 0.1) is 11.6 Å². The number of rotatable bonds is 5. The summed E-state index contributed by atoms with van der Waals surface area (Å²) in [5.74, 6) is -1.11. The minimum absolute atomic E-state index is 0.0536. The van der Waals surface area contributed by atoms with Gasteiger partial charge < -0.3 is 10.1 Å². The maximum atomic E-state index is 13.5. The zero-order valence-corrected chi connectivity index (χ0v) is 12.0. The van der Waals surface area contributed by atoms with Crippen LogP contribution in [-0.4, -0.2) is 6.04 Å². The Kier molecular flexibility index (Phi) is 4.08. The maximum Gasteiger partial charge on any atom is 0.168 e. The van der Waals surface area contributed by atoms with Crippen LogP contribution in [0.1, 0.15) is 18.4 Å². The van der Waals surface area contributed by atoms with Crippen molar-refractivity contribution in [1.82, 2.24) is 5.32 Å². The van der Waals surface area contributed by atoms with Crippen molar-refractivity contribution in [1.29, 1.82) is 0 Å². The first-order valence-corrected chi connectivity index (χ1v) is 7.14. The molecular weight excluding hydrogens is 296 g/mol. The molecule has 0 bridgehead atoms. The molecule has 1 saturated carbocycles. The Morgan fingerprint density at radius 3 is 2.52 bits per heavy atom. The molecule has 5 heteroatoms. The Bertz CT molecular complexity index is 659. The van der Waals surface area contributed by atoms with Gasteiger partial charge in [0.1, 0.15) is 11.6 Å². The summed E-state index contributed by atoms with van der Waals surface area (Å²) in [7, 11) is 0. The lowest BCUT2D eigenvalue weighted by Gasteiger charge is -2.10. The average molecular weight is 310 g/mol. The molecule has 0 spiro atoms. The van der Waals surface area contributed by atoms with Crippen LogP contribution in [-0.2, 0) is 6.54 Å². The summed E-state index contributed by atoms with van der Waals surface area (Å²) in [6.45, 7) is 0.746. The van der Waals surface area contributed by atoms with Gasteiger partial charge in [-0.25, -0.2) is 8.78 Å². The molecule has 1 N–H and O–H groups in total. The third kappa shape index (κ3) is 3.71. The second-order valence-electron chi connectivity index (χ2n) is 5.10. The summed E-state index contributed by atoms with van der Waals surface area (Å²) in [5, 5.41) is 3.78. The third-order valence-corrected chi connectivity index (χ3v) is 3.58. The molecule has 1 fully saturated rings. The molecule has 21 heavy (non-hydrogen) atoms. The van der Waals surface area contributed by atoms with Crippen LogP contribution in [0.3, 0.4) is 0 Å². The highest BCUT2D eigenvalue weighted by molar-refractivity contribution is 6.32. The van der Waals surface area contributed by atoms with E-state index in [-0.39, 0.29) is 5.75 Å². The minimum Gasteiger partial charge on any atom is -0.453 e. The Morgan fingerprint density at radius 2 is 1.86 bits per heavy atom. The van der Waals surface area contributed by atoms with E-state index in [1.54, 1.807) is 12.1 Å². The third-order valence-electron chi connectivity index (χ3n) is 3.28. The number of hydrogen-bond donors (Lipinski definition) is 1. The second kappa shape index (κ2) is 6.00. The average Bonchev–Trinajstić information content (AvgIpc) is 3.26. The predicted molar refractivity (Wildman–Crippen MR) is 77.7 cm³/mol. The molecule has 2 aromatic carbocycles. The van der Waals surface area contributed by atoms with E-state index < -0.39 is 11.6 Å². The largest absolute Gasteiger partial charge is 0.453 e. The first-order valence-electron chi connectivity index (χ1n) is 6.76. The van der Waals surface area contributed by atoms with Gasteiger partial charge in [0.05, 0.1) is 5.02 Å². The van der Waals surface area contributed by atoms with Crippen molar-refractivity contribution in [3.8, 4) is 11.5 Å². The van der Waals surface area contributed by atoms with Gasteiger partial charge in [-0.05, 0) is 42.7 Å². The Hall–Kier alpha value is -1.65. The lowest BCUT2D eigenvalue weighted by Crippen LogP contribution is -2.15. The first kappa shape index (κ1) is 14.3. The van der Waals surface area contributed by atoms with Crippen molar-refractivity contribution < 1.29 is 13.5 Å². The van der Waals surface area contributed by atoms with Crippen LogP contribution >= 0.6 is 11.6 Å². The molecule has 0 radical (unpaired) electrons. The highest BCUT2D eigenvalue weighted by Crippen LogP contribution is 2.32. The van der Waals surface area contributed by atoms with Crippen molar-refractivity contribution in [2.75, 3.05) is 0 Å². The topological polar surface area (TPSA) is 21.3 Å². The number of ether oxygens (including phenoxy) is 1. The van der Waals surface area contributed by atoms with Gasteiger partial charge in [-0.1, -0.05) is 17.7 Å². The van der Waals surface area contributed by atoms with E-state index in [2.05, 4.69) is 5.32 Å². The second-order valence-corrected chi connectivity index (χ2v) is 5.50. The fraction of sp³-hybridized carbons (Fsp3) is 0.250. The number of nitrogens with one attached hydrogen (secondary N) is 1. The van der Waals surface area contributed by atoms with Crippen molar-refractivity contribution in [2.45, 2.75) is 25.4 Å². The predicted octanol–water partition coefficient (Wildman–Crippen LogP) is 4.66. The maximum absolute atomic E-state index is 13.5. The minimum atomic E-state index is -0.759. The molecule has 0 aromatic heterocycles. The molecule has 1 aliphatic rings. The molecule has 2 aromatic rings. The molecule has 3 rings (SSSR count). The van der Waals surface area contributed by atoms with E-state index in [4.69, 9.17) is 16.3 Å². The summed E-state index contributed by atoms with van der Waals surface area (Å²) >= 11 is 6.14. The zero-order chi connectivity index (χ0) is 14.8. The van der Waals surface area contributed by atoms with Gasteiger partial charge in [0.25, 0.3) is 0 Å². The summed E-state index contributed by atoms with van der Waals surface area (Å²) in [4.78, 5) is 0. The van der Waals surface area contributed by atoms with Gasteiger partial charge in [-0.15, -0.1) is 0 Å². The number of hydrogen-bond acceptors (Lipinski definition) is 2. The lowest BCUT2D eigenvalue weighted by atomic mass is 10.2. The standard InChI is InChI=1S/C16H14ClF2NO/c17-13-7-10(9-20-12-3-4-12)1-5-15(13)21-16-6-2-11(18)8-14(16)19/h1-2,5-8,12,20H,3-4,9H2. The van der Waals surface area contributed by atoms with Crippen molar-refractivity contribution in [2.24, 2.45) is 0 Å². The van der Waals surface area contributed by atoms with Gasteiger partial charge >= 0.3 is 0 Å². The van der Waals surface area contributed by atoms with E-state index in [0.717, 1.165) is 24.2 Å². The molecule has 0 atom stereocenters. The quantitative estimate of drug-likeness (QED) is 0.867. The van der Waals surface area contributed by atoms with Crippen molar-refractivity contribution in [3.05, 3.63) is 58.6 Å². The first-order chi connectivity index (χ1) is 10.1. The molecule has 0 unspecified atom stereocenters. The molecule has 0 amide bonds. The van der Waals surface area contributed by atoms with E-state index >= 15 is 0 Å². The number of halogens is 3. The van der Waals surface area contributed by atoms with Crippen molar-refractivity contribution >= 4 is 11.6 Å². The van der Waals surface area contributed by atoms with Gasteiger partial charge in [0.2, 0.25) is 0 Å². The van der Waals surface area contributed by atoms with E-state index in [0.29, 0.717) is 16.8 Å². The smallest absolute Gasteiger partial charge is 0.168 e. The Balaban J connectivity index is 1.72. The SMILES string of the molecule is Fc1ccc(Oc2ccc(CNC3CC3)cc2Cl)c(F)c1. The Labute approximate surface area is 126 Å². The van der Waals surface area contributed by atoms with Crippen LogP contribution < -0.4 is 10.1 Å². The highest BCUT2D eigenvalue weighted by Gasteiger charge is 2.20. The lowest BCUT2D eigenvalue weighted by molar-refractivity contribution is 0.437. The van der Waals surface area contributed by atoms with E-state index in [1.165, 1.54) is 18.9 Å². The fourth-order valence-electron chi connectivity index (χ4n) is 1.96. The molecule has 0 aliphatic heterocycles. The van der Waals surface area contributed by atoms with Crippen LogP contribution in [0.15, 0.2) is 36.4 Å². The van der Waals surface area contributed by atoms with Crippen LogP contribution in [0.2, 0.25) is 5.02 Å². The van der Waals surface area contributed by atoms with Gasteiger partial charge in [-0.3, -0.25) is 0 Å². The van der Waals surface area contributed by atoms with Gasteiger partial charge in [-0.2, -0.15) is 0 Å². The van der Waals surface area contributed by atoms with Gasteiger partial charge in [0, 0.05) is 18.7 Å². The zero-order valence-electron chi connectivity index (χ0n) is 11.2. The molecule has 2 nitrogen and oxygen atoms in total. The molecule has 110 valence electrons. The summed E-state index contributed by atoms with van der Waals surface area (Å²) in [6.07, 6.45) is 2.44. The van der Waals surface area contributed by atoms with Crippen LogP contribution in [0.5, 0.6) is 11.5 Å². The van der Waals surface area contributed by atoms with Crippen LogP contribution in [0.25, 0.3) is 0 Å². The monoisotopic (exact) mass is 309 g/mol. The number of benzene rings is 2. The normalized spacial score (nSPS) is 14.2.